The Labute approximate surface area is 149 Å². The van der Waals surface area contributed by atoms with Crippen molar-refractivity contribution in [3.63, 3.8) is 0 Å². The monoisotopic (exact) mass is 500 g/mol. The van der Waals surface area contributed by atoms with Gasteiger partial charge in [-0.25, -0.2) is 0 Å². The third-order valence-corrected chi connectivity index (χ3v) is 3.22. The van der Waals surface area contributed by atoms with Crippen LogP contribution in [0.1, 0.15) is 40.5 Å². The number of hydrogen-bond acceptors (Lipinski definition) is 6. The maximum absolute atomic E-state index is 10.1. The number of rotatable bonds is 10. The molecule has 7 heteroatoms. The van der Waals surface area contributed by atoms with Crippen molar-refractivity contribution in [2.75, 3.05) is 39.4 Å². The predicted octanol–water partition coefficient (Wildman–Crippen LogP) is -1.59. The van der Waals surface area contributed by atoms with Crippen LogP contribution in [0, 0.1) is 0 Å². The molecule has 0 aliphatic rings. The molecule has 0 aliphatic heterocycles. The van der Waals surface area contributed by atoms with Gasteiger partial charge in [0, 0.05) is 0 Å². The van der Waals surface area contributed by atoms with Crippen molar-refractivity contribution in [3.8, 4) is 0 Å². The Kier molecular flexibility index (Phi) is 23.7. The molecule has 0 aromatic rings. The average molecular weight is 500 g/mol. The number of aliphatic hydroxyl groups excluding tert-OH is 2. The van der Waals surface area contributed by atoms with E-state index in [2.05, 4.69) is 0 Å². The Morgan fingerprint density at radius 2 is 0.952 bits per heavy atom. The Morgan fingerprint density at radius 3 is 1.10 bits per heavy atom. The molecule has 2 unspecified atom stereocenters. The SMILES string of the molecule is CCN(CC)C(O)CC[O-].CCN(CC)C(O)CC[O-].[Pb+2]. The summed E-state index contributed by atoms with van der Waals surface area (Å²) in [6.45, 7) is 10.7. The Morgan fingerprint density at radius 1 is 0.714 bits per heavy atom. The molecule has 0 bridgehead atoms. The summed E-state index contributed by atoms with van der Waals surface area (Å²) < 4.78 is 0. The summed E-state index contributed by atoms with van der Waals surface area (Å²) in [4.78, 5) is 3.72. The van der Waals surface area contributed by atoms with E-state index in [-0.39, 0.29) is 40.5 Å². The van der Waals surface area contributed by atoms with Crippen LogP contribution in [0.2, 0.25) is 0 Å². The maximum Gasteiger partial charge on any atom is 2.00 e. The zero-order valence-corrected chi connectivity index (χ0v) is 17.8. The quantitative estimate of drug-likeness (QED) is 0.278. The van der Waals surface area contributed by atoms with Gasteiger partial charge in [-0.3, -0.25) is 9.80 Å². The predicted molar refractivity (Wildman–Crippen MR) is 82.6 cm³/mol. The standard InChI is InChI=1S/2C7H16NO2.Pb/c2*1-3-8(4-2)7(10)5-6-9;/h2*7,10H,3-6H2,1-2H3;/q2*-1;+2. The van der Waals surface area contributed by atoms with E-state index in [1.165, 1.54) is 0 Å². The fourth-order valence-electron chi connectivity index (χ4n) is 1.87. The van der Waals surface area contributed by atoms with Crippen molar-refractivity contribution in [2.24, 2.45) is 0 Å². The average Bonchev–Trinajstić information content (AvgIpc) is 2.43. The molecule has 0 aliphatic carbocycles. The summed E-state index contributed by atoms with van der Waals surface area (Å²) in [6.07, 6.45) is -0.399. The smallest absolute Gasteiger partial charge is 0.854 e. The molecule has 0 aromatic carbocycles. The van der Waals surface area contributed by atoms with Crippen LogP contribution < -0.4 is 10.2 Å². The van der Waals surface area contributed by atoms with E-state index in [9.17, 15) is 20.4 Å². The molecule has 21 heavy (non-hydrogen) atoms. The summed E-state index contributed by atoms with van der Waals surface area (Å²) in [5.41, 5.74) is 0. The van der Waals surface area contributed by atoms with Crippen LogP contribution in [0.3, 0.4) is 0 Å². The fourth-order valence-corrected chi connectivity index (χ4v) is 1.87. The van der Waals surface area contributed by atoms with Crippen molar-refractivity contribution >= 4 is 27.3 Å². The zero-order valence-electron chi connectivity index (χ0n) is 13.9. The van der Waals surface area contributed by atoms with Crippen molar-refractivity contribution in [2.45, 2.75) is 53.0 Å². The first kappa shape index (κ1) is 26.6. The molecule has 6 nitrogen and oxygen atoms in total. The third-order valence-electron chi connectivity index (χ3n) is 3.22. The molecule has 0 heterocycles. The van der Waals surface area contributed by atoms with Crippen LogP contribution in [0.4, 0.5) is 0 Å². The van der Waals surface area contributed by atoms with Crippen LogP contribution >= 0.6 is 0 Å². The van der Waals surface area contributed by atoms with Gasteiger partial charge in [0.2, 0.25) is 0 Å². The molecule has 2 N–H and O–H groups in total. The molecule has 0 spiro atoms. The molecule has 0 amide bonds. The van der Waals surface area contributed by atoms with E-state index in [0.29, 0.717) is 12.8 Å². The number of hydrogen-bond donors (Lipinski definition) is 2. The van der Waals surface area contributed by atoms with Crippen LogP contribution in [0.25, 0.3) is 0 Å². The molecule has 0 saturated heterocycles. The first-order valence-corrected chi connectivity index (χ1v) is 7.52. The van der Waals surface area contributed by atoms with E-state index in [0.717, 1.165) is 26.2 Å². The van der Waals surface area contributed by atoms with Crippen LogP contribution in [-0.2, 0) is 0 Å². The molecule has 2 radical (unpaired) electrons. The number of aliphatic hydroxyl groups is 2. The van der Waals surface area contributed by atoms with Crippen molar-refractivity contribution < 1.29 is 20.4 Å². The van der Waals surface area contributed by atoms with Gasteiger partial charge in [-0.1, -0.05) is 27.7 Å². The van der Waals surface area contributed by atoms with Crippen LogP contribution in [0.5, 0.6) is 0 Å². The van der Waals surface area contributed by atoms with Gasteiger partial charge in [-0.05, 0) is 39.0 Å². The van der Waals surface area contributed by atoms with Crippen molar-refractivity contribution in [1.82, 2.24) is 9.80 Å². The second-order valence-electron chi connectivity index (χ2n) is 4.39. The van der Waals surface area contributed by atoms with E-state index in [1.54, 1.807) is 0 Å². The van der Waals surface area contributed by atoms with E-state index >= 15 is 0 Å². The fraction of sp³-hybridized carbons (Fsp3) is 1.00. The van der Waals surface area contributed by atoms with Gasteiger partial charge in [0.25, 0.3) is 0 Å². The maximum atomic E-state index is 10.1. The van der Waals surface area contributed by atoms with Crippen LogP contribution in [-0.4, -0.2) is 99.2 Å². The molecule has 0 aromatic heterocycles. The minimum Gasteiger partial charge on any atom is -0.854 e. The van der Waals surface area contributed by atoms with Gasteiger partial charge in [0.05, 0.1) is 0 Å². The molecule has 2 atom stereocenters. The molecular weight excluding hydrogens is 467 g/mol. The summed E-state index contributed by atoms with van der Waals surface area (Å²) >= 11 is 0. The summed E-state index contributed by atoms with van der Waals surface area (Å²) in [5, 5.41) is 38.6. The first-order chi connectivity index (χ1) is 9.51. The molecular formula is C14H32N2O4Pb. The molecule has 0 rings (SSSR count). The molecule has 126 valence electrons. The summed E-state index contributed by atoms with van der Waals surface area (Å²) in [5.74, 6) is 0. The number of nitrogens with zero attached hydrogens (tertiary/aromatic N) is 2. The second-order valence-corrected chi connectivity index (χ2v) is 4.39. The van der Waals surface area contributed by atoms with E-state index < -0.39 is 12.5 Å². The largest absolute Gasteiger partial charge is 2.00 e. The first-order valence-electron chi connectivity index (χ1n) is 7.52. The van der Waals surface area contributed by atoms with Gasteiger partial charge >= 0.3 is 27.3 Å². The molecule has 0 fully saturated rings. The van der Waals surface area contributed by atoms with Gasteiger partial charge in [0.15, 0.2) is 0 Å². The normalized spacial score (nSPS) is 13.4. The van der Waals surface area contributed by atoms with Gasteiger partial charge in [-0.15, -0.1) is 13.2 Å². The third kappa shape index (κ3) is 14.0. The second kappa shape index (κ2) is 18.7. The molecule has 0 saturated carbocycles. The van der Waals surface area contributed by atoms with Crippen molar-refractivity contribution in [3.05, 3.63) is 0 Å². The summed E-state index contributed by atoms with van der Waals surface area (Å²) in [6, 6.07) is 0. The minimum absolute atomic E-state index is 0. The Balaban J connectivity index is -0.000000295. The summed E-state index contributed by atoms with van der Waals surface area (Å²) in [7, 11) is 0. The van der Waals surface area contributed by atoms with E-state index in [1.807, 2.05) is 37.5 Å². The van der Waals surface area contributed by atoms with Crippen LogP contribution in [0.15, 0.2) is 0 Å². The topological polar surface area (TPSA) is 93.1 Å². The zero-order chi connectivity index (χ0) is 16.0. The Hall–Kier alpha value is 0.682. The van der Waals surface area contributed by atoms with Gasteiger partial charge in [0.1, 0.15) is 12.5 Å². The van der Waals surface area contributed by atoms with E-state index in [4.69, 9.17) is 0 Å². The minimum atomic E-state index is -0.535. The van der Waals surface area contributed by atoms with Gasteiger partial charge in [-0.2, -0.15) is 0 Å². The Bertz CT molecular complexity index is 174. The van der Waals surface area contributed by atoms with Crippen molar-refractivity contribution in [1.29, 1.82) is 0 Å². The van der Waals surface area contributed by atoms with Gasteiger partial charge < -0.3 is 20.4 Å².